The number of nitrogens with zero attached hydrogens (tertiary/aromatic N) is 1. The maximum absolute atomic E-state index is 11.9. The van der Waals surface area contributed by atoms with Crippen molar-refractivity contribution in [2.45, 2.75) is 25.9 Å². The van der Waals surface area contributed by atoms with E-state index in [2.05, 4.69) is 0 Å². The smallest absolute Gasteiger partial charge is 0.260 e. The van der Waals surface area contributed by atoms with Crippen molar-refractivity contribution in [2.24, 2.45) is 0 Å². The fourth-order valence-electron chi connectivity index (χ4n) is 2.06. The van der Waals surface area contributed by atoms with Crippen LogP contribution in [0.1, 0.15) is 18.4 Å². The molecule has 18 heavy (non-hydrogen) atoms. The molecule has 0 spiro atoms. The average Bonchev–Trinajstić information content (AvgIpc) is 2.37. The van der Waals surface area contributed by atoms with Crippen LogP contribution in [0.3, 0.4) is 0 Å². The number of aryl methyl sites for hydroxylation is 1. The Balaban J connectivity index is 1.81. The van der Waals surface area contributed by atoms with E-state index in [0.717, 1.165) is 11.3 Å². The summed E-state index contributed by atoms with van der Waals surface area (Å²) in [4.78, 5) is 13.6. The third-order valence-corrected chi connectivity index (χ3v) is 3.17. The second-order valence-corrected chi connectivity index (χ2v) is 4.72. The number of benzene rings is 1. The molecule has 0 atom stereocenters. The maximum Gasteiger partial charge on any atom is 0.260 e. The molecule has 0 unspecified atom stereocenters. The van der Waals surface area contributed by atoms with Crippen LogP contribution in [0, 0.1) is 6.92 Å². The lowest BCUT2D eigenvalue weighted by atomic mass is 10.1. The van der Waals surface area contributed by atoms with E-state index in [9.17, 15) is 9.90 Å². The molecule has 4 heteroatoms. The number of carbonyl (C=O) groups excluding carboxylic acids is 1. The highest BCUT2D eigenvalue weighted by Crippen LogP contribution is 2.14. The molecule has 0 aromatic heterocycles. The summed E-state index contributed by atoms with van der Waals surface area (Å²) in [5.74, 6) is 0.712. The summed E-state index contributed by atoms with van der Waals surface area (Å²) in [6.07, 6.45) is 1.07. The Morgan fingerprint density at radius 3 is 2.83 bits per heavy atom. The van der Waals surface area contributed by atoms with Crippen LogP contribution >= 0.6 is 0 Å². The molecular formula is C14H19NO3. The standard InChI is InChI=1S/C14H19NO3/c1-11-3-2-4-13(9-11)18-10-14(17)15-7-5-12(16)6-8-15/h2-4,9,12,16H,5-8,10H2,1H3. The molecule has 98 valence electrons. The zero-order valence-corrected chi connectivity index (χ0v) is 10.6. The average molecular weight is 249 g/mol. The number of hydrogen-bond acceptors (Lipinski definition) is 3. The molecule has 1 aliphatic rings. The Kier molecular flexibility index (Phi) is 4.20. The van der Waals surface area contributed by atoms with E-state index < -0.39 is 0 Å². The second-order valence-electron chi connectivity index (χ2n) is 4.72. The fourth-order valence-corrected chi connectivity index (χ4v) is 2.06. The Bertz CT molecular complexity index is 411. The number of likely N-dealkylation sites (tertiary alicyclic amines) is 1. The van der Waals surface area contributed by atoms with Crippen molar-refractivity contribution in [1.82, 2.24) is 4.90 Å². The van der Waals surface area contributed by atoms with Crippen molar-refractivity contribution < 1.29 is 14.6 Å². The van der Waals surface area contributed by atoms with Gasteiger partial charge in [0.2, 0.25) is 0 Å². The van der Waals surface area contributed by atoms with Gasteiger partial charge in [0.15, 0.2) is 6.61 Å². The molecule has 1 N–H and O–H groups in total. The van der Waals surface area contributed by atoms with Gasteiger partial charge < -0.3 is 14.7 Å². The molecule has 0 aliphatic carbocycles. The van der Waals surface area contributed by atoms with Gasteiger partial charge in [0, 0.05) is 13.1 Å². The predicted octanol–water partition coefficient (Wildman–Crippen LogP) is 1.36. The fraction of sp³-hybridized carbons (Fsp3) is 0.500. The number of aliphatic hydroxyl groups excluding tert-OH is 1. The minimum atomic E-state index is -0.258. The highest BCUT2D eigenvalue weighted by molar-refractivity contribution is 5.77. The zero-order chi connectivity index (χ0) is 13.0. The largest absolute Gasteiger partial charge is 0.484 e. The lowest BCUT2D eigenvalue weighted by molar-refractivity contribution is -0.135. The Labute approximate surface area is 107 Å². The van der Waals surface area contributed by atoms with E-state index in [1.165, 1.54) is 0 Å². The van der Waals surface area contributed by atoms with Crippen LogP contribution in [-0.2, 0) is 4.79 Å². The highest BCUT2D eigenvalue weighted by Gasteiger charge is 2.21. The summed E-state index contributed by atoms with van der Waals surface area (Å²) >= 11 is 0. The summed E-state index contributed by atoms with van der Waals surface area (Å²) in [6, 6.07) is 7.65. The molecule has 2 rings (SSSR count). The van der Waals surface area contributed by atoms with E-state index in [1.807, 2.05) is 31.2 Å². The Morgan fingerprint density at radius 1 is 1.44 bits per heavy atom. The molecule has 0 radical (unpaired) electrons. The van der Waals surface area contributed by atoms with Crippen LogP contribution in [0.4, 0.5) is 0 Å². The van der Waals surface area contributed by atoms with E-state index in [0.29, 0.717) is 25.9 Å². The van der Waals surface area contributed by atoms with E-state index in [1.54, 1.807) is 4.90 Å². The molecule has 0 saturated carbocycles. The second kappa shape index (κ2) is 5.87. The number of hydrogen-bond donors (Lipinski definition) is 1. The molecule has 1 aromatic rings. The van der Waals surface area contributed by atoms with Gasteiger partial charge in [0.1, 0.15) is 5.75 Å². The van der Waals surface area contributed by atoms with Gasteiger partial charge in [-0.2, -0.15) is 0 Å². The van der Waals surface area contributed by atoms with Crippen molar-refractivity contribution in [2.75, 3.05) is 19.7 Å². The molecule has 1 heterocycles. The number of rotatable bonds is 3. The summed E-state index contributed by atoms with van der Waals surface area (Å²) in [7, 11) is 0. The summed E-state index contributed by atoms with van der Waals surface area (Å²) in [5.41, 5.74) is 1.11. The van der Waals surface area contributed by atoms with Crippen molar-refractivity contribution in [1.29, 1.82) is 0 Å². The minimum absolute atomic E-state index is 0.0107. The maximum atomic E-state index is 11.9. The van der Waals surface area contributed by atoms with Crippen LogP contribution in [0.25, 0.3) is 0 Å². The third kappa shape index (κ3) is 3.47. The normalized spacial score (nSPS) is 16.7. The molecule has 1 fully saturated rings. The lowest BCUT2D eigenvalue weighted by Gasteiger charge is -2.29. The molecule has 0 bridgehead atoms. The van der Waals surface area contributed by atoms with E-state index in [-0.39, 0.29) is 18.6 Å². The van der Waals surface area contributed by atoms with Crippen LogP contribution in [0.15, 0.2) is 24.3 Å². The minimum Gasteiger partial charge on any atom is -0.484 e. The first-order valence-corrected chi connectivity index (χ1v) is 6.30. The van der Waals surface area contributed by atoms with Crippen LogP contribution in [0.2, 0.25) is 0 Å². The number of carbonyl (C=O) groups is 1. The molecule has 1 amide bonds. The van der Waals surface area contributed by atoms with Gasteiger partial charge in [-0.1, -0.05) is 12.1 Å². The topological polar surface area (TPSA) is 49.8 Å². The molecule has 1 saturated heterocycles. The van der Waals surface area contributed by atoms with Crippen molar-refractivity contribution in [3.63, 3.8) is 0 Å². The number of amides is 1. The predicted molar refractivity (Wildman–Crippen MR) is 68.5 cm³/mol. The summed E-state index contributed by atoms with van der Waals surface area (Å²) in [6.45, 7) is 3.30. The third-order valence-electron chi connectivity index (χ3n) is 3.17. The van der Waals surface area contributed by atoms with Gasteiger partial charge in [0.25, 0.3) is 5.91 Å². The quantitative estimate of drug-likeness (QED) is 0.880. The molecular weight excluding hydrogens is 230 g/mol. The van der Waals surface area contributed by atoms with E-state index >= 15 is 0 Å². The van der Waals surface area contributed by atoms with Crippen molar-refractivity contribution >= 4 is 5.91 Å². The van der Waals surface area contributed by atoms with Crippen LogP contribution in [0.5, 0.6) is 5.75 Å². The molecule has 1 aromatic carbocycles. The van der Waals surface area contributed by atoms with Gasteiger partial charge >= 0.3 is 0 Å². The van der Waals surface area contributed by atoms with Gasteiger partial charge in [0.05, 0.1) is 6.10 Å². The Morgan fingerprint density at radius 2 is 2.17 bits per heavy atom. The lowest BCUT2D eigenvalue weighted by Crippen LogP contribution is -2.42. The zero-order valence-electron chi connectivity index (χ0n) is 10.6. The summed E-state index contributed by atoms with van der Waals surface area (Å²) < 4.78 is 5.47. The van der Waals surface area contributed by atoms with E-state index in [4.69, 9.17) is 4.74 Å². The van der Waals surface area contributed by atoms with Crippen molar-refractivity contribution in [3.8, 4) is 5.75 Å². The SMILES string of the molecule is Cc1cccc(OCC(=O)N2CCC(O)CC2)c1. The first-order chi connectivity index (χ1) is 8.65. The van der Waals surface area contributed by atoms with Crippen LogP contribution in [-0.4, -0.2) is 41.7 Å². The first-order valence-electron chi connectivity index (χ1n) is 6.30. The van der Waals surface area contributed by atoms with Gasteiger partial charge in [-0.05, 0) is 37.5 Å². The monoisotopic (exact) mass is 249 g/mol. The summed E-state index contributed by atoms with van der Waals surface area (Å²) in [5, 5.41) is 9.38. The number of piperidine rings is 1. The van der Waals surface area contributed by atoms with Gasteiger partial charge in [-0.25, -0.2) is 0 Å². The number of ether oxygens (including phenoxy) is 1. The highest BCUT2D eigenvalue weighted by atomic mass is 16.5. The molecule has 1 aliphatic heterocycles. The number of aliphatic hydroxyl groups is 1. The molecule has 4 nitrogen and oxygen atoms in total. The van der Waals surface area contributed by atoms with Gasteiger partial charge in [-0.15, -0.1) is 0 Å². The Hall–Kier alpha value is -1.55. The van der Waals surface area contributed by atoms with Crippen LogP contribution < -0.4 is 4.74 Å². The first kappa shape index (κ1) is 12.9. The van der Waals surface area contributed by atoms with Crippen molar-refractivity contribution in [3.05, 3.63) is 29.8 Å². The van der Waals surface area contributed by atoms with Gasteiger partial charge in [-0.3, -0.25) is 4.79 Å².